The molecular weight excluding hydrogens is 154 g/mol. The van der Waals surface area contributed by atoms with Crippen LogP contribution >= 0.6 is 0 Å². The molecular formula is C9H9NO2. The van der Waals surface area contributed by atoms with E-state index in [9.17, 15) is 4.79 Å². The molecule has 1 aliphatic rings. The summed E-state index contributed by atoms with van der Waals surface area (Å²) in [4.78, 5) is 15.3. The quantitative estimate of drug-likeness (QED) is 0.612. The molecule has 0 aliphatic carbocycles. The minimum atomic E-state index is -0.146. The van der Waals surface area contributed by atoms with Crippen LogP contribution in [0.15, 0.2) is 24.4 Å². The maximum absolute atomic E-state index is 11.2. The summed E-state index contributed by atoms with van der Waals surface area (Å²) < 4.78 is 4.87. The Balaban J connectivity index is 1.98. The number of carbonyl (C=O) groups excluding carboxylic acids is 1. The summed E-state index contributed by atoms with van der Waals surface area (Å²) >= 11 is 0. The molecule has 3 heteroatoms. The zero-order chi connectivity index (χ0) is 8.39. The van der Waals surface area contributed by atoms with Gasteiger partial charge < -0.3 is 4.74 Å². The first-order valence-corrected chi connectivity index (χ1v) is 3.90. The molecule has 12 heavy (non-hydrogen) atoms. The van der Waals surface area contributed by atoms with E-state index in [1.54, 1.807) is 6.20 Å². The van der Waals surface area contributed by atoms with Crippen molar-refractivity contribution in [1.82, 2.24) is 4.98 Å². The number of Topliss-reactive ketones (excluding diaryl/α,β-unsaturated/α-hetero) is 1. The first-order chi connectivity index (χ1) is 5.86. The van der Waals surface area contributed by atoms with Gasteiger partial charge in [0.15, 0.2) is 5.78 Å². The van der Waals surface area contributed by atoms with Crippen LogP contribution in [-0.2, 0) is 16.0 Å². The number of epoxide rings is 1. The van der Waals surface area contributed by atoms with Crippen molar-refractivity contribution in [2.45, 2.75) is 12.5 Å². The third-order valence-electron chi connectivity index (χ3n) is 1.77. The van der Waals surface area contributed by atoms with Gasteiger partial charge in [-0.2, -0.15) is 0 Å². The summed E-state index contributed by atoms with van der Waals surface area (Å²) in [5.74, 6) is 0.133. The van der Waals surface area contributed by atoms with Crippen LogP contribution in [0.3, 0.4) is 0 Å². The smallest absolute Gasteiger partial charge is 0.169 e. The van der Waals surface area contributed by atoms with E-state index in [0.717, 1.165) is 5.69 Å². The molecule has 1 atom stereocenters. The molecule has 0 radical (unpaired) electrons. The molecule has 2 heterocycles. The van der Waals surface area contributed by atoms with Gasteiger partial charge in [0.25, 0.3) is 0 Å². The molecule has 0 spiro atoms. The van der Waals surface area contributed by atoms with Crippen LogP contribution < -0.4 is 0 Å². The maximum atomic E-state index is 11.2. The lowest BCUT2D eigenvalue weighted by Gasteiger charge is -1.95. The Morgan fingerprint density at radius 3 is 3.08 bits per heavy atom. The van der Waals surface area contributed by atoms with Crippen LogP contribution in [0.5, 0.6) is 0 Å². The van der Waals surface area contributed by atoms with Crippen molar-refractivity contribution in [2.75, 3.05) is 6.61 Å². The molecule has 0 N–H and O–H groups in total. The summed E-state index contributed by atoms with van der Waals surface area (Å²) in [5.41, 5.74) is 0.818. The van der Waals surface area contributed by atoms with Gasteiger partial charge in [-0.1, -0.05) is 6.07 Å². The largest absolute Gasteiger partial charge is 0.365 e. The fourth-order valence-electron chi connectivity index (χ4n) is 1.03. The number of ketones is 1. The van der Waals surface area contributed by atoms with E-state index in [4.69, 9.17) is 4.74 Å². The number of ether oxygens (including phenoxy) is 1. The van der Waals surface area contributed by atoms with Gasteiger partial charge in [-0.25, -0.2) is 0 Å². The summed E-state index contributed by atoms with van der Waals surface area (Å²) in [6, 6.07) is 5.56. The predicted molar refractivity (Wildman–Crippen MR) is 42.7 cm³/mol. The van der Waals surface area contributed by atoms with E-state index in [-0.39, 0.29) is 11.9 Å². The molecule has 0 bridgehead atoms. The van der Waals surface area contributed by atoms with E-state index in [0.29, 0.717) is 13.0 Å². The lowest BCUT2D eigenvalue weighted by atomic mass is 10.1. The molecule has 1 aromatic rings. The van der Waals surface area contributed by atoms with Gasteiger partial charge in [0.1, 0.15) is 6.10 Å². The van der Waals surface area contributed by atoms with Crippen molar-refractivity contribution >= 4 is 5.78 Å². The lowest BCUT2D eigenvalue weighted by molar-refractivity contribution is -0.119. The van der Waals surface area contributed by atoms with Crippen molar-refractivity contribution in [3.8, 4) is 0 Å². The number of carbonyl (C=O) groups is 1. The molecule has 1 aliphatic heterocycles. The second kappa shape index (κ2) is 3.03. The normalized spacial score (nSPS) is 20.5. The van der Waals surface area contributed by atoms with Gasteiger partial charge in [0.05, 0.1) is 13.0 Å². The fraction of sp³-hybridized carbons (Fsp3) is 0.333. The van der Waals surface area contributed by atoms with Gasteiger partial charge in [0.2, 0.25) is 0 Å². The molecule has 0 amide bonds. The Labute approximate surface area is 70.4 Å². The zero-order valence-corrected chi connectivity index (χ0v) is 6.56. The molecule has 0 aromatic carbocycles. The number of aromatic nitrogens is 1. The van der Waals surface area contributed by atoms with Crippen molar-refractivity contribution in [3.63, 3.8) is 0 Å². The molecule has 62 valence electrons. The van der Waals surface area contributed by atoms with E-state index < -0.39 is 0 Å². The van der Waals surface area contributed by atoms with Crippen molar-refractivity contribution in [2.24, 2.45) is 0 Å². The van der Waals surface area contributed by atoms with E-state index >= 15 is 0 Å². The van der Waals surface area contributed by atoms with Crippen molar-refractivity contribution < 1.29 is 9.53 Å². The van der Waals surface area contributed by atoms with E-state index in [2.05, 4.69) is 4.98 Å². The van der Waals surface area contributed by atoms with Gasteiger partial charge in [-0.05, 0) is 12.1 Å². The van der Waals surface area contributed by atoms with Crippen LogP contribution in [0.25, 0.3) is 0 Å². The van der Waals surface area contributed by atoms with Gasteiger partial charge in [0, 0.05) is 11.9 Å². The van der Waals surface area contributed by atoms with Crippen LogP contribution in [0.2, 0.25) is 0 Å². The Kier molecular flexibility index (Phi) is 1.87. The highest BCUT2D eigenvalue weighted by Crippen LogP contribution is 2.12. The summed E-state index contributed by atoms with van der Waals surface area (Å²) in [6.45, 7) is 0.589. The third-order valence-corrected chi connectivity index (χ3v) is 1.77. The number of pyridine rings is 1. The molecule has 3 nitrogen and oxygen atoms in total. The lowest BCUT2D eigenvalue weighted by Crippen LogP contribution is -2.10. The maximum Gasteiger partial charge on any atom is 0.169 e. The standard InChI is InChI=1S/C9H9NO2/c11-8(9-6-12-9)5-7-3-1-2-4-10-7/h1-4,9H,5-6H2. The monoisotopic (exact) mass is 163 g/mol. The second-order valence-corrected chi connectivity index (χ2v) is 2.79. The van der Waals surface area contributed by atoms with Gasteiger partial charge >= 0.3 is 0 Å². The Hall–Kier alpha value is -1.22. The predicted octanol–water partition coefficient (Wildman–Crippen LogP) is 0.592. The highest BCUT2D eigenvalue weighted by atomic mass is 16.6. The Bertz CT molecular complexity index is 280. The molecule has 2 rings (SSSR count). The highest BCUT2D eigenvalue weighted by molar-refractivity contribution is 5.86. The summed E-state index contributed by atoms with van der Waals surface area (Å²) in [5, 5.41) is 0. The Morgan fingerprint density at radius 2 is 2.50 bits per heavy atom. The number of hydrogen-bond acceptors (Lipinski definition) is 3. The van der Waals surface area contributed by atoms with Crippen LogP contribution in [0.4, 0.5) is 0 Å². The van der Waals surface area contributed by atoms with Crippen molar-refractivity contribution in [3.05, 3.63) is 30.1 Å². The number of hydrogen-bond donors (Lipinski definition) is 0. The SMILES string of the molecule is O=C(Cc1ccccn1)C1CO1. The average molecular weight is 163 g/mol. The number of nitrogens with zero attached hydrogens (tertiary/aromatic N) is 1. The van der Waals surface area contributed by atoms with Crippen LogP contribution in [0.1, 0.15) is 5.69 Å². The van der Waals surface area contributed by atoms with E-state index in [1.165, 1.54) is 0 Å². The van der Waals surface area contributed by atoms with Gasteiger partial charge in [-0.3, -0.25) is 9.78 Å². The summed E-state index contributed by atoms with van der Waals surface area (Å²) in [7, 11) is 0. The highest BCUT2D eigenvalue weighted by Gasteiger charge is 2.30. The second-order valence-electron chi connectivity index (χ2n) is 2.79. The molecule has 1 fully saturated rings. The van der Waals surface area contributed by atoms with Crippen LogP contribution in [-0.4, -0.2) is 23.5 Å². The minimum Gasteiger partial charge on any atom is -0.365 e. The third kappa shape index (κ3) is 1.68. The van der Waals surface area contributed by atoms with E-state index in [1.807, 2.05) is 18.2 Å². The first kappa shape index (κ1) is 7.43. The molecule has 1 unspecified atom stereocenters. The van der Waals surface area contributed by atoms with Crippen molar-refractivity contribution in [1.29, 1.82) is 0 Å². The molecule has 1 aromatic heterocycles. The first-order valence-electron chi connectivity index (χ1n) is 3.90. The fourth-order valence-corrected chi connectivity index (χ4v) is 1.03. The van der Waals surface area contributed by atoms with Crippen LogP contribution in [0, 0.1) is 0 Å². The summed E-state index contributed by atoms with van der Waals surface area (Å²) in [6.07, 6.45) is 1.94. The minimum absolute atomic E-state index is 0.133. The zero-order valence-electron chi connectivity index (χ0n) is 6.56. The number of rotatable bonds is 3. The molecule has 1 saturated heterocycles. The Morgan fingerprint density at radius 1 is 1.67 bits per heavy atom. The molecule has 0 saturated carbocycles. The average Bonchev–Trinajstić information content (AvgIpc) is 2.88. The van der Waals surface area contributed by atoms with Gasteiger partial charge in [-0.15, -0.1) is 0 Å². The topological polar surface area (TPSA) is 42.5 Å².